The van der Waals surface area contributed by atoms with Crippen LogP contribution in [0.3, 0.4) is 0 Å². The van der Waals surface area contributed by atoms with Crippen LogP contribution in [0.25, 0.3) is 0 Å². The first-order valence-electron chi connectivity index (χ1n) is 12.6. The van der Waals surface area contributed by atoms with E-state index in [1.807, 2.05) is 27.8 Å². The Labute approximate surface area is 208 Å². The number of nitrogens with one attached hydrogen (secondary N) is 1. The first-order valence-corrected chi connectivity index (χ1v) is 12.6. The Bertz CT molecular complexity index is 986. The minimum Gasteiger partial charge on any atom is -0.508 e. The normalized spacial score (nSPS) is 27.5. The van der Waals surface area contributed by atoms with E-state index in [0.717, 1.165) is 6.42 Å². The van der Waals surface area contributed by atoms with Crippen molar-refractivity contribution in [2.75, 3.05) is 13.6 Å². The number of carboxylic acids is 1. The second kappa shape index (κ2) is 9.80. The third-order valence-electron chi connectivity index (χ3n) is 8.06. The molecule has 3 rings (SSSR count). The fourth-order valence-electron chi connectivity index (χ4n) is 5.63. The third kappa shape index (κ3) is 5.47. The maximum atomic E-state index is 13.3. The van der Waals surface area contributed by atoms with Gasteiger partial charge in [0.25, 0.3) is 5.91 Å². The highest BCUT2D eigenvalue weighted by Crippen LogP contribution is 2.40. The molecule has 1 heterocycles. The summed E-state index contributed by atoms with van der Waals surface area (Å²) in [6.07, 6.45) is 2.34. The molecule has 2 amide bonds. The number of nitrogens with zero attached hydrogens (tertiary/aromatic N) is 2. The Morgan fingerprint density at radius 1 is 1.23 bits per heavy atom. The fraction of sp³-hybridized carbons (Fsp3) is 0.667. The van der Waals surface area contributed by atoms with E-state index >= 15 is 0 Å². The number of likely N-dealkylation sites (tertiary alicyclic amines) is 1. The summed E-state index contributed by atoms with van der Waals surface area (Å²) in [6.45, 7) is 12.6. The highest BCUT2D eigenvalue weighted by molar-refractivity contribution is 5.98. The molecule has 2 aliphatic rings. The van der Waals surface area contributed by atoms with Crippen molar-refractivity contribution in [2.45, 2.75) is 96.3 Å². The van der Waals surface area contributed by atoms with Crippen LogP contribution in [-0.2, 0) is 15.0 Å². The molecule has 0 bridgehead atoms. The van der Waals surface area contributed by atoms with Crippen LogP contribution in [0.1, 0.15) is 83.1 Å². The molecule has 0 unspecified atom stereocenters. The van der Waals surface area contributed by atoms with Gasteiger partial charge in [-0.15, -0.1) is 0 Å². The number of aromatic hydroxyl groups is 1. The monoisotopic (exact) mass is 487 g/mol. The highest BCUT2D eigenvalue weighted by atomic mass is 16.4. The number of phenolic OH excluding ortho intramolecular Hbond substituents is 1. The largest absolute Gasteiger partial charge is 0.508 e. The summed E-state index contributed by atoms with van der Waals surface area (Å²) in [5.41, 5.74) is 0.456. The SMILES string of the molecule is CC(C)N(C)[C@]1(C)CC[C@H](N2CC[C@H](NC(=O)c3ccc(O)c(C(C)(C)C)c3)C2=O)[C@@H](C(=O)O)C1. The Balaban J connectivity index is 1.73. The molecule has 35 heavy (non-hydrogen) atoms. The molecule has 8 nitrogen and oxygen atoms in total. The molecule has 0 spiro atoms. The number of carboxylic acid groups (broad SMARTS) is 1. The number of amides is 2. The number of aliphatic carboxylic acids is 1. The molecule has 1 saturated carbocycles. The van der Waals surface area contributed by atoms with Gasteiger partial charge in [-0.2, -0.15) is 0 Å². The van der Waals surface area contributed by atoms with Crippen molar-refractivity contribution in [3.63, 3.8) is 0 Å². The molecule has 0 aromatic heterocycles. The van der Waals surface area contributed by atoms with Crippen molar-refractivity contribution >= 4 is 17.8 Å². The van der Waals surface area contributed by atoms with Crippen molar-refractivity contribution in [3.8, 4) is 5.75 Å². The molecule has 1 aliphatic heterocycles. The van der Waals surface area contributed by atoms with Gasteiger partial charge in [0.05, 0.1) is 5.92 Å². The molecule has 1 aromatic carbocycles. The number of benzene rings is 1. The van der Waals surface area contributed by atoms with Crippen molar-refractivity contribution in [3.05, 3.63) is 29.3 Å². The lowest BCUT2D eigenvalue weighted by molar-refractivity contribution is -0.151. The van der Waals surface area contributed by atoms with Crippen molar-refractivity contribution < 1.29 is 24.6 Å². The molecule has 1 aromatic rings. The summed E-state index contributed by atoms with van der Waals surface area (Å²) in [5, 5.41) is 23.1. The van der Waals surface area contributed by atoms with Crippen LogP contribution >= 0.6 is 0 Å². The molecular formula is C27H41N3O5. The van der Waals surface area contributed by atoms with E-state index in [2.05, 4.69) is 31.0 Å². The van der Waals surface area contributed by atoms with E-state index < -0.39 is 17.9 Å². The van der Waals surface area contributed by atoms with E-state index in [1.165, 1.54) is 6.07 Å². The van der Waals surface area contributed by atoms with Gasteiger partial charge >= 0.3 is 5.97 Å². The third-order valence-corrected chi connectivity index (χ3v) is 8.06. The predicted octanol–water partition coefficient (Wildman–Crippen LogP) is 3.37. The Morgan fingerprint density at radius 2 is 1.89 bits per heavy atom. The van der Waals surface area contributed by atoms with E-state index in [1.54, 1.807) is 17.0 Å². The van der Waals surface area contributed by atoms with Gasteiger partial charge in [0.1, 0.15) is 11.8 Å². The van der Waals surface area contributed by atoms with E-state index in [0.29, 0.717) is 36.9 Å². The lowest BCUT2D eigenvalue weighted by atomic mass is 9.72. The average Bonchev–Trinajstić information content (AvgIpc) is 3.12. The highest BCUT2D eigenvalue weighted by Gasteiger charge is 2.49. The van der Waals surface area contributed by atoms with Gasteiger partial charge in [-0.25, -0.2) is 0 Å². The van der Waals surface area contributed by atoms with Crippen LogP contribution in [0.5, 0.6) is 5.75 Å². The number of carbonyl (C=O) groups is 3. The topological polar surface area (TPSA) is 110 Å². The number of rotatable bonds is 6. The molecule has 0 radical (unpaired) electrons. The summed E-state index contributed by atoms with van der Waals surface area (Å²) >= 11 is 0. The van der Waals surface area contributed by atoms with Gasteiger partial charge in [0.2, 0.25) is 5.91 Å². The minimum absolute atomic E-state index is 0.129. The lowest BCUT2D eigenvalue weighted by Gasteiger charge is -2.49. The Morgan fingerprint density at radius 3 is 2.46 bits per heavy atom. The van der Waals surface area contributed by atoms with Gasteiger partial charge in [-0.3, -0.25) is 19.3 Å². The van der Waals surface area contributed by atoms with E-state index in [-0.39, 0.29) is 40.6 Å². The average molecular weight is 488 g/mol. The molecule has 1 saturated heterocycles. The number of carbonyl (C=O) groups excluding carboxylic acids is 2. The van der Waals surface area contributed by atoms with E-state index in [4.69, 9.17) is 0 Å². The molecule has 4 atom stereocenters. The molecule has 194 valence electrons. The smallest absolute Gasteiger partial charge is 0.308 e. The van der Waals surface area contributed by atoms with Crippen LogP contribution in [0, 0.1) is 5.92 Å². The van der Waals surface area contributed by atoms with Gasteiger partial charge in [-0.1, -0.05) is 20.8 Å². The zero-order valence-electron chi connectivity index (χ0n) is 22.1. The van der Waals surface area contributed by atoms with Crippen molar-refractivity contribution in [2.24, 2.45) is 5.92 Å². The van der Waals surface area contributed by atoms with Gasteiger partial charge in [0.15, 0.2) is 0 Å². The first-order chi connectivity index (χ1) is 16.2. The predicted molar refractivity (Wildman–Crippen MR) is 134 cm³/mol. The Kier molecular flexibility index (Phi) is 7.56. The standard InChI is InChI=1S/C27H41N3O5/c1-16(2)29(7)27(6)12-10-21(18(15-27)25(34)35)30-13-11-20(24(30)33)28-23(32)17-8-9-22(31)19(14-17)26(3,4)5/h8-9,14,16,18,20-21,31H,10-13,15H2,1-7H3,(H,28,32)(H,34,35)/t18-,20-,21-,27+/m0/s1. The molecule has 3 N–H and O–H groups in total. The Hall–Kier alpha value is -2.61. The van der Waals surface area contributed by atoms with Crippen molar-refractivity contribution in [1.82, 2.24) is 15.1 Å². The zero-order valence-corrected chi connectivity index (χ0v) is 22.1. The number of hydrogen-bond acceptors (Lipinski definition) is 5. The van der Waals surface area contributed by atoms with Crippen LogP contribution < -0.4 is 5.32 Å². The van der Waals surface area contributed by atoms with Gasteiger partial charge in [0, 0.05) is 35.3 Å². The van der Waals surface area contributed by atoms with Crippen LogP contribution in [0.15, 0.2) is 18.2 Å². The summed E-state index contributed by atoms with van der Waals surface area (Å²) in [6, 6.07) is 3.94. The first kappa shape index (κ1) is 27.0. The summed E-state index contributed by atoms with van der Waals surface area (Å²) in [5.74, 6) is -1.99. The van der Waals surface area contributed by atoms with Gasteiger partial charge < -0.3 is 20.4 Å². The number of hydrogen-bond donors (Lipinski definition) is 3. The zero-order chi connectivity index (χ0) is 26.3. The minimum atomic E-state index is -0.878. The summed E-state index contributed by atoms with van der Waals surface area (Å²) in [4.78, 5) is 42.4. The van der Waals surface area contributed by atoms with Crippen LogP contribution in [0.2, 0.25) is 0 Å². The van der Waals surface area contributed by atoms with E-state index in [9.17, 15) is 24.6 Å². The molecule has 1 aliphatic carbocycles. The summed E-state index contributed by atoms with van der Waals surface area (Å²) < 4.78 is 0. The maximum absolute atomic E-state index is 13.3. The van der Waals surface area contributed by atoms with Crippen LogP contribution in [-0.4, -0.2) is 75.1 Å². The number of phenols is 1. The maximum Gasteiger partial charge on any atom is 0.308 e. The second-order valence-corrected chi connectivity index (χ2v) is 11.8. The van der Waals surface area contributed by atoms with Crippen LogP contribution in [0.4, 0.5) is 0 Å². The van der Waals surface area contributed by atoms with Crippen molar-refractivity contribution in [1.29, 1.82) is 0 Å². The lowest BCUT2D eigenvalue weighted by Crippen LogP contribution is -2.58. The molecular weight excluding hydrogens is 446 g/mol. The quantitative estimate of drug-likeness (QED) is 0.568. The van der Waals surface area contributed by atoms with Gasteiger partial charge in [-0.05, 0) is 77.1 Å². The summed E-state index contributed by atoms with van der Waals surface area (Å²) in [7, 11) is 2.03. The molecule has 2 fully saturated rings. The molecule has 8 heteroatoms. The fourth-order valence-corrected chi connectivity index (χ4v) is 5.63. The second-order valence-electron chi connectivity index (χ2n) is 11.8.